The van der Waals surface area contributed by atoms with Crippen LogP contribution in [0, 0.1) is 0 Å². The molecule has 0 bridgehead atoms. The number of amides is 2. The van der Waals surface area contributed by atoms with Crippen molar-refractivity contribution in [2.45, 2.75) is 19.8 Å². The van der Waals surface area contributed by atoms with E-state index in [1.54, 1.807) is 0 Å². The molecule has 114 valence electrons. The van der Waals surface area contributed by atoms with Gasteiger partial charge in [0.15, 0.2) is 5.75 Å². The van der Waals surface area contributed by atoms with Gasteiger partial charge in [0.25, 0.3) is 0 Å². The van der Waals surface area contributed by atoms with Gasteiger partial charge in [-0.2, -0.15) is 0 Å². The summed E-state index contributed by atoms with van der Waals surface area (Å²) in [7, 11) is 0. The first-order valence-corrected chi connectivity index (χ1v) is 6.97. The van der Waals surface area contributed by atoms with Gasteiger partial charge in [0.05, 0.1) is 0 Å². The molecule has 5 heteroatoms. The van der Waals surface area contributed by atoms with Crippen LogP contribution in [-0.2, 0) is 0 Å². The Bertz CT molecular complexity index is 725. The summed E-state index contributed by atoms with van der Waals surface area (Å²) in [6.45, 7) is 4.20. The Kier molecular flexibility index (Phi) is 4.78. The van der Waals surface area contributed by atoms with Crippen molar-refractivity contribution in [1.82, 2.24) is 0 Å². The van der Waals surface area contributed by atoms with E-state index in [2.05, 4.69) is 24.5 Å². The van der Waals surface area contributed by atoms with E-state index in [9.17, 15) is 14.7 Å². The van der Waals surface area contributed by atoms with Crippen LogP contribution in [0.3, 0.4) is 0 Å². The molecule has 0 saturated heterocycles. The van der Waals surface area contributed by atoms with Gasteiger partial charge in [-0.15, -0.1) is 0 Å². The predicted octanol–water partition coefficient (Wildman–Crippen LogP) is 3.52. The molecule has 2 rings (SSSR count). The van der Waals surface area contributed by atoms with Gasteiger partial charge in [-0.3, -0.25) is 4.79 Å². The highest BCUT2D eigenvalue weighted by Gasteiger charge is 2.04. The van der Waals surface area contributed by atoms with Crippen LogP contribution in [0.2, 0.25) is 0 Å². The zero-order chi connectivity index (χ0) is 16.1. The van der Waals surface area contributed by atoms with Crippen molar-refractivity contribution < 1.29 is 9.90 Å². The Balaban J connectivity index is 2.04. The zero-order valence-electron chi connectivity index (χ0n) is 12.5. The van der Waals surface area contributed by atoms with Gasteiger partial charge in [0, 0.05) is 11.4 Å². The Labute approximate surface area is 128 Å². The lowest BCUT2D eigenvalue weighted by Crippen LogP contribution is -2.19. The molecule has 0 unspecified atom stereocenters. The van der Waals surface area contributed by atoms with Crippen LogP contribution in [0.1, 0.15) is 25.3 Å². The summed E-state index contributed by atoms with van der Waals surface area (Å²) < 4.78 is 0. The maximum atomic E-state index is 11.9. The smallest absolute Gasteiger partial charge is 0.323 e. The average molecular weight is 298 g/mol. The second-order valence-electron chi connectivity index (χ2n) is 5.23. The minimum Gasteiger partial charge on any atom is -0.504 e. The van der Waals surface area contributed by atoms with E-state index >= 15 is 0 Å². The first-order chi connectivity index (χ1) is 10.5. The molecule has 0 aromatic heterocycles. The second kappa shape index (κ2) is 6.76. The molecule has 0 radical (unpaired) electrons. The fourth-order valence-electron chi connectivity index (χ4n) is 1.89. The Morgan fingerprint density at radius 2 is 1.41 bits per heavy atom. The summed E-state index contributed by atoms with van der Waals surface area (Å²) in [5, 5.41) is 14.6. The minimum absolute atomic E-state index is 0.363. The molecule has 2 aromatic carbocycles. The number of aromatic hydroxyl groups is 1. The number of urea groups is 1. The highest BCUT2D eigenvalue weighted by molar-refractivity contribution is 5.99. The standard InChI is InChI=1S/C17H18N2O3/c1-11(2)12-3-5-13(6-4-12)18-17(22)19-14-7-9-15(20)16(21)10-8-14/h3-11H,1-2H3,(H,20,21)(H2,18,19,22). The largest absolute Gasteiger partial charge is 0.504 e. The summed E-state index contributed by atoms with van der Waals surface area (Å²) >= 11 is 0. The van der Waals surface area contributed by atoms with Crippen LogP contribution in [-0.4, -0.2) is 11.1 Å². The number of nitrogens with one attached hydrogen (secondary N) is 2. The molecule has 0 saturated carbocycles. The van der Waals surface area contributed by atoms with Crippen LogP contribution in [0.5, 0.6) is 5.75 Å². The summed E-state index contributed by atoms with van der Waals surface area (Å²) in [6, 6.07) is 12.5. The van der Waals surface area contributed by atoms with Crippen LogP contribution >= 0.6 is 0 Å². The van der Waals surface area contributed by atoms with Gasteiger partial charge in [-0.05, 0) is 47.9 Å². The normalized spacial score (nSPS) is 10.3. The van der Waals surface area contributed by atoms with E-state index < -0.39 is 11.5 Å². The van der Waals surface area contributed by atoms with Crippen molar-refractivity contribution >= 4 is 17.4 Å². The SMILES string of the molecule is CC(C)c1ccc(NC(=O)Nc2ccc(O)c(=O)cc2)cc1. The predicted molar refractivity (Wildman–Crippen MR) is 87.5 cm³/mol. The van der Waals surface area contributed by atoms with Gasteiger partial charge < -0.3 is 15.7 Å². The Morgan fingerprint density at radius 3 is 1.95 bits per heavy atom. The molecule has 0 aliphatic rings. The molecule has 0 spiro atoms. The molecule has 3 N–H and O–H groups in total. The topological polar surface area (TPSA) is 78.4 Å². The number of carbonyl (C=O) groups excluding carboxylic acids is 1. The van der Waals surface area contributed by atoms with Crippen molar-refractivity contribution in [2.24, 2.45) is 0 Å². The van der Waals surface area contributed by atoms with E-state index in [4.69, 9.17) is 0 Å². The Hall–Kier alpha value is -2.82. The van der Waals surface area contributed by atoms with Gasteiger partial charge in [0.1, 0.15) is 0 Å². The number of rotatable bonds is 3. The quantitative estimate of drug-likeness (QED) is 0.811. The third-order valence-electron chi connectivity index (χ3n) is 3.18. The summed E-state index contributed by atoms with van der Waals surface area (Å²) in [5.74, 6) is 0.0684. The van der Waals surface area contributed by atoms with E-state index in [0.717, 1.165) is 0 Å². The van der Waals surface area contributed by atoms with E-state index in [1.165, 1.54) is 29.8 Å². The Morgan fingerprint density at radius 1 is 0.909 bits per heavy atom. The van der Waals surface area contributed by atoms with Crippen molar-refractivity contribution in [3.8, 4) is 5.75 Å². The number of anilines is 2. The highest BCUT2D eigenvalue weighted by Crippen LogP contribution is 2.17. The molecule has 0 heterocycles. The van der Waals surface area contributed by atoms with Crippen molar-refractivity contribution in [2.75, 3.05) is 10.6 Å². The molecular formula is C17H18N2O3. The van der Waals surface area contributed by atoms with Crippen LogP contribution in [0.4, 0.5) is 16.2 Å². The van der Waals surface area contributed by atoms with E-state index in [1.807, 2.05) is 24.3 Å². The fraction of sp³-hybridized carbons (Fsp3) is 0.176. The average Bonchev–Trinajstić information content (AvgIpc) is 2.63. The van der Waals surface area contributed by atoms with Gasteiger partial charge >= 0.3 is 6.03 Å². The van der Waals surface area contributed by atoms with E-state index in [-0.39, 0.29) is 5.75 Å². The van der Waals surface area contributed by atoms with Gasteiger partial charge in [-0.25, -0.2) is 4.79 Å². The second-order valence-corrected chi connectivity index (χ2v) is 5.23. The molecule has 2 amide bonds. The maximum absolute atomic E-state index is 11.9. The third-order valence-corrected chi connectivity index (χ3v) is 3.18. The minimum atomic E-state index is -0.502. The molecular weight excluding hydrogens is 280 g/mol. The molecule has 0 fully saturated rings. The third kappa shape index (κ3) is 4.09. The molecule has 2 aromatic rings. The number of carbonyl (C=O) groups is 1. The molecule has 22 heavy (non-hydrogen) atoms. The summed E-state index contributed by atoms with van der Waals surface area (Å²) in [6.07, 6.45) is 0. The lowest BCUT2D eigenvalue weighted by molar-refractivity contribution is 0.262. The highest BCUT2D eigenvalue weighted by atomic mass is 16.3. The molecule has 0 aliphatic heterocycles. The van der Waals surface area contributed by atoms with Gasteiger partial charge in [-0.1, -0.05) is 26.0 Å². The number of hydrogen-bond acceptors (Lipinski definition) is 3. The lowest BCUT2D eigenvalue weighted by Gasteiger charge is -2.09. The van der Waals surface area contributed by atoms with E-state index in [0.29, 0.717) is 17.3 Å². The first kappa shape index (κ1) is 15.6. The molecule has 5 nitrogen and oxygen atoms in total. The van der Waals surface area contributed by atoms with Crippen LogP contribution in [0.15, 0.2) is 53.3 Å². The van der Waals surface area contributed by atoms with Crippen LogP contribution < -0.4 is 16.1 Å². The molecule has 0 atom stereocenters. The lowest BCUT2D eigenvalue weighted by atomic mass is 10.0. The monoisotopic (exact) mass is 298 g/mol. The number of benzene rings is 1. The number of hydrogen-bond donors (Lipinski definition) is 3. The van der Waals surface area contributed by atoms with Gasteiger partial charge in [0.2, 0.25) is 5.43 Å². The maximum Gasteiger partial charge on any atom is 0.323 e. The van der Waals surface area contributed by atoms with Crippen molar-refractivity contribution in [1.29, 1.82) is 0 Å². The summed E-state index contributed by atoms with van der Waals surface area (Å²) in [4.78, 5) is 23.2. The fourth-order valence-corrected chi connectivity index (χ4v) is 1.89. The first-order valence-electron chi connectivity index (χ1n) is 6.97. The molecule has 0 aliphatic carbocycles. The van der Waals surface area contributed by atoms with Crippen molar-refractivity contribution in [3.63, 3.8) is 0 Å². The van der Waals surface area contributed by atoms with Crippen LogP contribution in [0.25, 0.3) is 0 Å². The van der Waals surface area contributed by atoms with Crippen molar-refractivity contribution in [3.05, 3.63) is 64.3 Å². The summed E-state index contributed by atoms with van der Waals surface area (Å²) in [5.41, 5.74) is 1.78. The zero-order valence-corrected chi connectivity index (χ0v) is 12.5.